The number of carbonyl (C=O) groups excluding carboxylic acids is 1. The number of fused-ring (bicyclic) bond motifs is 1. The van der Waals surface area contributed by atoms with Crippen molar-refractivity contribution in [3.63, 3.8) is 0 Å². The Morgan fingerprint density at radius 3 is 2.71 bits per heavy atom. The molecule has 1 aliphatic heterocycles. The van der Waals surface area contributed by atoms with Crippen LogP contribution in [0.25, 0.3) is 0 Å². The van der Waals surface area contributed by atoms with Crippen LogP contribution in [0.1, 0.15) is 28.2 Å². The molecule has 0 spiro atoms. The van der Waals surface area contributed by atoms with Gasteiger partial charge in [0.1, 0.15) is 5.82 Å². The topological polar surface area (TPSA) is 78.1 Å². The first-order chi connectivity index (χ1) is 11.4. The van der Waals surface area contributed by atoms with Crippen LogP contribution < -0.4 is 10.9 Å². The average Bonchev–Trinajstić information content (AvgIpc) is 2.51. The van der Waals surface area contributed by atoms with E-state index in [2.05, 4.69) is 15.3 Å². The minimum atomic E-state index is -0.0997. The molecule has 2 aromatic rings. The van der Waals surface area contributed by atoms with Crippen molar-refractivity contribution < 1.29 is 4.79 Å². The molecular weight excluding hydrogens is 304 g/mol. The van der Waals surface area contributed by atoms with Gasteiger partial charge in [-0.3, -0.25) is 14.5 Å². The maximum atomic E-state index is 12.4. The van der Waals surface area contributed by atoms with Gasteiger partial charge < -0.3 is 10.3 Å². The van der Waals surface area contributed by atoms with Crippen LogP contribution in [0.4, 0.5) is 5.69 Å². The molecule has 6 nitrogen and oxygen atoms in total. The number of para-hydroxylation sites is 1. The number of hydrogen-bond donors (Lipinski definition) is 2. The molecule has 24 heavy (non-hydrogen) atoms. The van der Waals surface area contributed by atoms with Crippen molar-refractivity contribution in [2.45, 2.75) is 33.7 Å². The molecule has 0 aliphatic carbocycles. The third kappa shape index (κ3) is 3.38. The van der Waals surface area contributed by atoms with Gasteiger partial charge in [0.25, 0.3) is 5.56 Å². The number of hydrogen-bond acceptors (Lipinski definition) is 4. The van der Waals surface area contributed by atoms with Crippen molar-refractivity contribution in [2.24, 2.45) is 0 Å². The number of carbonyl (C=O) groups is 1. The molecule has 0 fully saturated rings. The highest BCUT2D eigenvalue weighted by atomic mass is 16.2. The predicted molar refractivity (Wildman–Crippen MR) is 93.1 cm³/mol. The van der Waals surface area contributed by atoms with Gasteiger partial charge in [0.05, 0.1) is 17.8 Å². The van der Waals surface area contributed by atoms with Crippen LogP contribution in [0.15, 0.2) is 23.0 Å². The molecule has 126 valence electrons. The fourth-order valence-corrected chi connectivity index (χ4v) is 3.13. The Morgan fingerprint density at radius 2 is 2.00 bits per heavy atom. The van der Waals surface area contributed by atoms with Crippen LogP contribution in [-0.4, -0.2) is 33.9 Å². The monoisotopic (exact) mass is 326 g/mol. The number of rotatable bonds is 3. The van der Waals surface area contributed by atoms with Gasteiger partial charge in [-0.05, 0) is 31.9 Å². The van der Waals surface area contributed by atoms with Crippen LogP contribution in [0.3, 0.4) is 0 Å². The van der Waals surface area contributed by atoms with E-state index in [0.717, 1.165) is 29.1 Å². The Bertz CT molecular complexity index is 821. The summed E-state index contributed by atoms with van der Waals surface area (Å²) in [6.07, 6.45) is 0.691. The number of nitrogens with zero attached hydrogens (tertiary/aromatic N) is 2. The van der Waals surface area contributed by atoms with Gasteiger partial charge >= 0.3 is 0 Å². The Morgan fingerprint density at radius 1 is 1.29 bits per heavy atom. The normalized spacial score (nSPS) is 14.3. The van der Waals surface area contributed by atoms with Crippen LogP contribution >= 0.6 is 0 Å². The standard InChI is InChI=1S/C18H22N4O2/c1-11-5-4-6-12(2)17(11)21-16(23)10-22-8-7-15-14(9-22)18(24)20-13(3)19-15/h4-6H,7-10H2,1-3H3,(H,21,23)(H,19,20,24). The number of aromatic nitrogens is 2. The first-order valence-electron chi connectivity index (χ1n) is 8.11. The van der Waals surface area contributed by atoms with Gasteiger partial charge in [-0.2, -0.15) is 0 Å². The number of nitrogens with one attached hydrogen (secondary N) is 2. The van der Waals surface area contributed by atoms with Gasteiger partial charge in [0.15, 0.2) is 0 Å². The summed E-state index contributed by atoms with van der Waals surface area (Å²) < 4.78 is 0. The largest absolute Gasteiger partial charge is 0.324 e. The molecule has 3 rings (SSSR count). The molecule has 1 aromatic heterocycles. The van der Waals surface area contributed by atoms with E-state index in [1.807, 2.05) is 36.9 Å². The number of amides is 1. The minimum Gasteiger partial charge on any atom is -0.324 e. The maximum Gasteiger partial charge on any atom is 0.255 e. The Balaban J connectivity index is 1.69. The Labute approximate surface area is 140 Å². The summed E-state index contributed by atoms with van der Waals surface area (Å²) in [5.41, 5.74) is 4.38. The highest BCUT2D eigenvalue weighted by molar-refractivity contribution is 5.93. The van der Waals surface area contributed by atoms with E-state index in [0.29, 0.717) is 24.4 Å². The van der Waals surface area contributed by atoms with Gasteiger partial charge in [0.2, 0.25) is 5.91 Å². The van der Waals surface area contributed by atoms with Gasteiger partial charge in [-0.25, -0.2) is 4.98 Å². The van der Waals surface area contributed by atoms with E-state index in [1.54, 1.807) is 6.92 Å². The summed E-state index contributed by atoms with van der Waals surface area (Å²) in [6, 6.07) is 5.93. The highest BCUT2D eigenvalue weighted by Gasteiger charge is 2.22. The molecule has 1 amide bonds. The van der Waals surface area contributed by atoms with Crippen molar-refractivity contribution >= 4 is 11.6 Å². The average molecular weight is 326 g/mol. The molecule has 2 heterocycles. The zero-order valence-corrected chi connectivity index (χ0v) is 14.3. The van der Waals surface area contributed by atoms with Crippen molar-refractivity contribution in [1.29, 1.82) is 0 Å². The number of benzene rings is 1. The van der Waals surface area contributed by atoms with Crippen LogP contribution in [0.2, 0.25) is 0 Å². The van der Waals surface area contributed by atoms with Gasteiger partial charge in [-0.15, -0.1) is 0 Å². The van der Waals surface area contributed by atoms with Crippen molar-refractivity contribution in [1.82, 2.24) is 14.9 Å². The van der Waals surface area contributed by atoms with E-state index in [-0.39, 0.29) is 18.0 Å². The molecule has 6 heteroatoms. The summed E-state index contributed by atoms with van der Waals surface area (Å²) in [6.45, 7) is 7.19. The van der Waals surface area contributed by atoms with Crippen LogP contribution in [0.5, 0.6) is 0 Å². The predicted octanol–water partition coefficient (Wildman–Crippen LogP) is 1.69. The molecule has 0 saturated heterocycles. The number of H-pyrrole nitrogens is 1. The van der Waals surface area contributed by atoms with E-state index in [9.17, 15) is 9.59 Å². The van der Waals surface area contributed by atoms with Gasteiger partial charge in [0, 0.05) is 25.2 Å². The molecular formula is C18H22N4O2. The van der Waals surface area contributed by atoms with Crippen molar-refractivity contribution in [2.75, 3.05) is 18.4 Å². The minimum absolute atomic E-state index is 0.0626. The lowest BCUT2D eigenvalue weighted by molar-refractivity contribution is -0.117. The fourth-order valence-electron chi connectivity index (χ4n) is 3.13. The third-order valence-corrected chi connectivity index (χ3v) is 4.38. The molecule has 1 aliphatic rings. The van der Waals surface area contributed by atoms with Crippen LogP contribution in [-0.2, 0) is 17.8 Å². The number of aryl methyl sites for hydroxylation is 3. The second kappa shape index (κ2) is 6.57. The molecule has 1 aromatic carbocycles. The van der Waals surface area contributed by atoms with E-state index < -0.39 is 0 Å². The number of aromatic amines is 1. The molecule has 0 unspecified atom stereocenters. The quantitative estimate of drug-likeness (QED) is 0.900. The second-order valence-electron chi connectivity index (χ2n) is 6.35. The highest BCUT2D eigenvalue weighted by Crippen LogP contribution is 2.20. The lowest BCUT2D eigenvalue weighted by Gasteiger charge is -2.27. The first kappa shape index (κ1) is 16.4. The maximum absolute atomic E-state index is 12.4. The molecule has 0 atom stereocenters. The SMILES string of the molecule is Cc1nc2c(c(=O)[nH]1)CN(CC(=O)Nc1c(C)cccc1C)CC2. The summed E-state index contributed by atoms with van der Waals surface area (Å²) in [4.78, 5) is 33.6. The summed E-state index contributed by atoms with van der Waals surface area (Å²) in [7, 11) is 0. The lowest BCUT2D eigenvalue weighted by atomic mass is 10.1. The molecule has 0 bridgehead atoms. The molecule has 0 radical (unpaired) electrons. The van der Waals surface area contributed by atoms with Crippen molar-refractivity contribution in [3.05, 3.63) is 56.8 Å². The smallest absolute Gasteiger partial charge is 0.255 e. The summed E-state index contributed by atoms with van der Waals surface area (Å²) in [5.74, 6) is 0.576. The fraction of sp³-hybridized carbons (Fsp3) is 0.389. The lowest BCUT2D eigenvalue weighted by Crippen LogP contribution is -2.40. The summed E-state index contributed by atoms with van der Waals surface area (Å²) >= 11 is 0. The zero-order valence-electron chi connectivity index (χ0n) is 14.3. The Hall–Kier alpha value is -2.47. The zero-order chi connectivity index (χ0) is 17.3. The first-order valence-corrected chi connectivity index (χ1v) is 8.11. The third-order valence-electron chi connectivity index (χ3n) is 4.38. The van der Waals surface area contributed by atoms with E-state index in [4.69, 9.17) is 0 Å². The van der Waals surface area contributed by atoms with Crippen LogP contribution in [0, 0.1) is 20.8 Å². The van der Waals surface area contributed by atoms with Crippen molar-refractivity contribution in [3.8, 4) is 0 Å². The van der Waals surface area contributed by atoms with E-state index in [1.165, 1.54) is 0 Å². The number of anilines is 1. The summed E-state index contributed by atoms with van der Waals surface area (Å²) in [5, 5.41) is 2.99. The van der Waals surface area contributed by atoms with Gasteiger partial charge in [-0.1, -0.05) is 18.2 Å². The second-order valence-corrected chi connectivity index (χ2v) is 6.35. The molecule has 0 saturated carbocycles. The van der Waals surface area contributed by atoms with E-state index >= 15 is 0 Å². The Kier molecular flexibility index (Phi) is 4.49. The molecule has 2 N–H and O–H groups in total.